The van der Waals surface area contributed by atoms with Crippen LogP contribution in [-0.4, -0.2) is 21.0 Å². The van der Waals surface area contributed by atoms with Crippen LogP contribution in [0.2, 0.25) is 0 Å². The van der Waals surface area contributed by atoms with Crippen LogP contribution in [0.15, 0.2) is 42.7 Å². The first-order chi connectivity index (χ1) is 9.34. The highest BCUT2D eigenvalue weighted by molar-refractivity contribution is 5.61. The number of aromatic nitrogens is 2. The van der Waals surface area contributed by atoms with Crippen molar-refractivity contribution in [3.8, 4) is 11.1 Å². The molecule has 1 aliphatic carbocycles. The van der Waals surface area contributed by atoms with E-state index < -0.39 is 0 Å². The number of nitrogens with zero attached hydrogens (tertiary/aromatic N) is 2. The molecule has 1 saturated carbocycles. The standard InChI is InChI=1S/C16H20N2O/c19-16-10-6-2-5-9-15(16)18-12-14(11-17-18)13-7-3-1-4-8-13/h1,3-4,7-8,11-12,15-16,19H,2,5-6,9-10H2. The molecular formula is C16H20N2O. The molecule has 1 fully saturated rings. The predicted molar refractivity (Wildman–Crippen MR) is 75.8 cm³/mol. The van der Waals surface area contributed by atoms with Gasteiger partial charge in [-0.2, -0.15) is 5.10 Å². The van der Waals surface area contributed by atoms with Gasteiger partial charge in [0.05, 0.1) is 18.3 Å². The van der Waals surface area contributed by atoms with E-state index in [1.165, 1.54) is 18.4 Å². The summed E-state index contributed by atoms with van der Waals surface area (Å²) in [5.41, 5.74) is 2.30. The van der Waals surface area contributed by atoms with Crippen molar-refractivity contribution >= 4 is 0 Å². The fourth-order valence-corrected chi connectivity index (χ4v) is 2.88. The zero-order chi connectivity index (χ0) is 13.1. The SMILES string of the molecule is OC1CCCCCC1n1cc(-c2ccccc2)cn1. The maximum absolute atomic E-state index is 10.2. The molecule has 2 unspecified atom stereocenters. The van der Waals surface area contributed by atoms with Crippen molar-refractivity contribution in [2.45, 2.75) is 44.2 Å². The largest absolute Gasteiger partial charge is 0.391 e. The summed E-state index contributed by atoms with van der Waals surface area (Å²) in [6.07, 6.45) is 9.16. The fraction of sp³-hybridized carbons (Fsp3) is 0.438. The van der Waals surface area contributed by atoms with E-state index in [9.17, 15) is 5.11 Å². The summed E-state index contributed by atoms with van der Waals surface area (Å²) in [7, 11) is 0. The van der Waals surface area contributed by atoms with E-state index in [1.54, 1.807) is 0 Å². The quantitative estimate of drug-likeness (QED) is 0.836. The molecule has 19 heavy (non-hydrogen) atoms. The lowest BCUT2D eigenvalue weighted by Gasteiger charge is -2.20. The van der Waals surface area contributed by atoms with Gasteiger partial charge < -0.3 is 5.11 Å². The fourth-order valence-electron chi connectivity index (χ4n) is 2.88. The Balaban J connectivity index is 1.84. The third-order valence-corrected chi connectivity index (χ3v) is 3.99. The molecule has 0 spiro atoms. The van der Waals surface area contributed by atoms with Crippen LogP contribution >= 0.6 is 0 Å². The summed E-state index contributed by atoms with van der Waals surface area (Å²) >= 11 is 0. The maximum atomic E-state index is 10.2. The van der Waals surface area contributed by atoms with Crippen molar-refractivity contribution in [1.29, 1.82) is 0 Å². The second-order valence-corrected chi connectivity index (χ2v) is 5.35. The molecule has 1 aromatic carbocycles. The van der Waals surface area contributed by atoms with E-state index in [-0.39, 0.29) is 12.1 Å². The van der Waals surface area contributed by atoms with Crippen molar-refractivity contribution in [2.24, 2.45) is 0 Å². The Kier molecular flexibility index (Phi) is 3.65. The highest BCUT2D eigenvalue weighted by Crippen LogP contribution is 2.28. The van der Waals surface area contributed by atoms with E-state index in [0.717, 1.165) is 24.8 Å². The average Bonchev–Trinajstić information content (AvgIpc) is 2.83. The normalized spacial score (nSPS) is 24.1. The van der Waals surface area contributed by atoms with E-state index in [2.05, 4.69) is 23.4 Å². The zero-order valence-corrected chi connectivity index (χ0v) is 11.1. The minimum absolute atomic E-state index is 0.139. The topological polar surface area (TPSA) is 38.0 Å². The Morgan fingerprint density at radius 3 is 2.63 bits per heavy atom. The van der Waals surface area contributed by atoms with Gasteiger partial charge in [-0.25, -0.2) is 0 Å². The van der Waals surface area contributed by atoms with Crippen molar-refractivity contribution in [1.82, 2.24) is 9.78 Å². The van der Waals surface area contributed by atoms with E-state index in [0.29, 0.717) is 0 Å². The first-order valence-corrected chi connectivity index (χ1v) is 7.12. The number of hydrogen-bond acceptors (Lipinski definition) is 2. The van der Waals surface area contributed by atoms with Gasteiger partial charge in [-0.3, -0.25) is 4.68 Å². The van der Waals surface area contributed by atoms with Crippen molar-refractivity contribution in [2.75, 3.05) is 0 Å². The van der Waals surface area contributed by atoms with Gasteiger partial charge in [0.25, 0.3) is 0 Å². The predicted octanol–water partition coefficient (Wildman–Crippen LogP) is 3.42. The average molecular weight is 256 g/mol. The lowest BCUT2D eigenvalue weighted by Crippen LogP contribution is -2.23. The number of benzene rings is 1. The third kappa shape index (κ3) is 2.71. The van der Waals surface area contributed by atoms with Crippen LogP contribution in [0.1, 0.15) is 38.1 Å². The van der Waals surface area contributed by atoms with Gasteiger partial charge in [-0.05, 0) is 18.4 Å². The zero-order valence-electron chi connectivity index (χ0n) is 11.1. The van der Waals surface area contributed by atoms with Gasteiger partial charge >= 0.3 is 0 Å². The van der Waals surface area contributed by atoms with Gasteiger partial charge in [0.15, 0.2) is 0 Å². The Bertz CT molecular complexity index is 521. The third-order valence-electron chi connectivity index (χ3n) is 3.99. The lowest BCUT2D eigenvalue weighted by atomic mass is 10.1. The minimum Gasteiger partial charge on any atom is -0.391 e. The first-order valence-electron chi connectivity index (χ1n) is 7.12. The summed E-state index contributed by atoms with van der Waals surface area (Å²) in [5.74, 6) is 0. The molecular weight excluding hydrogens is 236 g/mol. The monoisotopic (exact) mass is 256 g/mol. The molecule has 1 N–H and O–H groups in total. The highest BCUT2D eigenvalue weighted by Gasteiger charge is 2.23. The molecule has 1 aromatic heterocycles. The second-order valence-electron chi connectivity index (χ2n) is 5.35. The maximum Gasteiger partial charge on any atom is 0.0778 e. The van der Waals surface area contributed by atoms with Gasteiger partial charge in [-0.15, -0.1) is 0 Å². The van der Waals surface area contributed by atoms with E-state index in [1.807, 2.05) is 29.1 Å². The van der Waals surface area contributed by atoms with Crippen LogP contribution in [-0.2, 0) is 0 Å². The molecule has 3 rings (SSSR count). The lowest BCUT2D eigenvalue weighted by molar-refractivity contribution is 0.0991. The summed E-state index contributed by atoms with van der Waals surface area (Å²) in [6.45, 7) is 0. The molecule has 100 valence electrons. The summed E-state index contributed by atoms with van der Waals surface area (Å²) in [5, 5.41) is 14.7. The van der Waals surface area contributed by atoms with Crippen LogP contribution < -0.4 is 0 Å². The molecule has 0 aliphatic heterocycles. The Hall–Kier alpha value is -1.61. The van der Waals surface area contributed by atoms with E-state index >= 15 is 0 Å². The number of hydrogen-bond donors (Lipinski definition) is 1. The van der Waals surface area contributed by atoms with Gasteiger partial charge in [0.2, 0.25) is 0 Å². The Morgan fingerprint density at radius 2 is 1.79 bits per heavy atom. The Labute approximate surface area is 113 Å². The summed E-state index contributed by atoms with van der Waals surface area (Å²) in [6, 6.07) is 10.4. The van der Waals surface area contributed by atoms with Crippen molar-refractivity contribution in [3.05, 3.63) is 42.7 Å². The molecule has 3 heteroatoms. The molecule has 0 amide bonds. The molecule has 2 atom stereocenters. The number of aliphatic hydroxyl groups excluding tert-OH is 1. The minimum atomic E-state index is -0.258. The smallest absolute Gasteiger partial charge is 0.0778 e. The van der Waals surface area contributed by atoms with Gasteiger partial charge in [-0.1, -0.05) is 49.6 Å². The van der Waals surface area contributed by atoms with Crippen LogP contribution in [0, 0.1) is 0 Å². The first kappa shape index (κ1) is 12.4. The molecule has 2 aromatic rings. The van der Waals surface area contributed by atoms with Gasteiger partial charge in [0, 0.05) is 11.8 Å². The van der Waals surface area contributed by atoms with Crippen LogP contribution in [0.5, 0.6) is 0 Å². The number of aliphatic hydroxyl groups is 1. The van der Waals surface area contributed by atoms with Crippen LogP contribution in [0.3, 0.4) is 0 Å². The van der Waals surface area contributed by atoms with Gasteiger partial charge in [0.1, 0.15) is 0 Å². The van der Waals surface area contributed by atoms with Crippen LogP contribution in [0.25, 0.3) is 11.1 Å². The Morgan fingerprint density at radius 1 is 1.00 bits per heavy atom. The number of rotatable bonds is 2. The summed E-state index contributed by atoms with van der Waals surface area (Å²) < 4.78 is 1.96. The van der Waals surface area contributed by atoms with Crippen LogP contribution in [0.4, 0.5) is 0 Å². The second kappa shape index (κ2) is 5.57. The molecule has 1 aliphatic rings. The molecule has 1 heterocycles. The summed E-state index contributed by atoms with van der Waals surface area (Å²) in [4.78, 5) is 0. The molecule has 0 radical (unpaired) electrons. The molecule has 3 nitrogen and oxygen atoms in total. The highest BCUT2D eigenvalue weighted by atomic mass is 16.3. The molecule has 0 saturated heterocycles. The van der Waals surface area contributed by atoms with E-state index in [4.69, 9.17) is 0 Å². The van der Waals surface area contributed by atoms with Crippen molar-refractivity contribution < 1.29 is 5.11 Å². The van der Waals surface area contributed by atoms with Crippen molar-refractivity contribution in [3.63, 3.8) is 0 Å². The molecule has 0 bridgehead atoms.